The smallest absolute Gasteiger partial charge is 0.265 e. The fourth-order valence-electron chi connectivity index (χ4n) is 1.60. The lowest BCUT2D eigenvalue weighted by atomic mass is 10.0. The van der Waals surface area contributed by atoms with Gasteiger partial charge in [0.05, 0.1) is 16.4 Å². The average molecular weight is 241 g/mol. The van der Waals surface area contributed by atoms with E-state index in [9.17, 15) is 4.79 Å². The molecule has 0 fully saturated rings. The summed E-state index contributed by atoms with van der Waals surface area (Å²) in [6.45, 7) is 3.85. The molecule has 0 bridgehead atoms. The number of anilines is 2. The zero-order chi connectivity index (χ0) is 11.9. The van der Waals surface area contributed by atoms with Gasteiger partial charge in [0, 0.05) is 6.07 Å². The first-order valence-electron chi connectivity index (χ1n) is 5.05. The van der Waals surface area contributed by atoms with E-state index >= 15 is 0 Å². The standard InChI is InChI=1S/C11H13ClN2O2/c1-5(2)10-11(15)14-8-3-6(12)7(13)4-9(8)16-10/h3-5,10H,13H2,1-2H3,(H,14,15). The van der Waals surface area contributed by atoms with Crippen LogP contribution in [-0.2, 0) is 4.79 Å². The lowest BCUT2D eigenvalue weighted by molar-refractivity contribution is -0.125. The van der Waals surface area contributed by atoms with Crippen molar-refractivity contribution in [3.05, 3.63) is 17.2 Å². The number of carbonyl (C=O) groups excluding carboxylic acids is 1. The number of rotatable bonds is 1. The van der Waals surface area contributed by atoms with Crippen molar-refractivity contribution in [3.8, 4) is 5.75 Å². The number of amides is 1. The maximum absolute atomic E-state index is 11.7. The van der Waals surface area contributed by atoms with Crippen molar-refractivity contribution in [1.82, 2.24) is 0 Å². The van der Waals surface area contributed by atoms with Gasteiger partial charge in [-0.25, -0.2) is 0 Å². The largest absolute Gasteiger partial charge is 0.478 e. The molecular weight excluding hydrogens is 228 g/mol. The second-order valence-electron chi connectivity index (χ2n) is 4.14. The Kier molecular flexibility index (Phi) is 2.68. The van der Waals surface area contributed by atoms with E-state index in [2.05, 4.69) is 5.32 Å². The summed E-state index contributed by atoms with van der Waals surface area (Å²) < 4.78 is 5.59. The highest BCUT2D eigenvalue weighted by Crippen LogP contribution is 2.36. The van der Waals surface area contributed by atoms with Gasteiger partial charge in [0.25, 0.3) is 5.91 Å². The minimum Gasteiger partial charge on any atom is -0.478 e. The molecule has 0 saturated carbocycles. The van der Waals surface area contributed by atoms with Crippen LogP contribution in [0.2, 0.25) is 5.02 Å². The maximum Gasteiger partial charge on any atom is 0.265 e. The van der Waals surface area contributed by atoms with E-state index < -0.39 is 6.10 Å². The summed E-state index contributed by atoms with van der Waals surface area (Å²) in [4.78, 5) is 11.7. The number of hydrogen-bond donors (Lipinski definition) is 2. The lowest BCUT2D eigenvalue weighted by Gasteiger charge is -2.28. The van der Waals surface area contributed by atoms with Crippen molar-refractivity contribution in [2.45, 2.75) is 20.0 Å². The van der Waals surface area contributed by atoms with Crippen molar-refractivity contribution < 1.29 is 9.53 Å². The molecule has 0 aromatic heterocycles. The molecule has 16 heavy (non-hydrogen) atoms. The molecule has 1 aliphatic rings. The number of benzene rings is 1. The molecule has 0 radical (unpaired) electrons. The molecule has 1 aromatic rings. The number of carbonyl (C=O) groups is 1. The molecule has 4 nitrogen and oxygen atoms in total. The van der Waals surface area contributed by atoms with Crippen LogP contribution in [0.3, 0.4) is 0 Å². The van der Waals surface area contributed by atoms with E-state index in [4.69, 9.17) is 22.1 Å². The number of fused-ring (bicyclic) bond motifs is 1. The second-order valence-corrected chi connectivity index (χ2v) is 4.55. The third kappa shape index (κ3) is 1.80. The fourth-order valence-corrected chi connectivity index (χ4v) is 1.76. The molecule has 1 aliphatic heterocycles. The molecule has 1 amide bonds. The summed E-state index contributed by atoms with van der Waals surface area (Å²) >= 11 is 5.86. The number of nitrogens with one attached hydrogen (secondary N) is 1. The van der Waals surface area contributed by atoms with E-state index in [1.165, 1.54) is 0 Å². The minimum atomic E-state index is -0.479. The Balaban J connectivity index is 2.39. The molecule has 86 valence electrons. The molecule has 0 saturated heterocycles. The number of ether oxygens (including phenoxy) is 1. The summed E-state index contributed by atoms with van der Waals surface area (Å²) in [5.41, 5.74) is 6.69. The molecule has 1 aromatic carbocycles. The highest BCUT2D eigenvalue weighted by atomic mass is 35.5. The van der Waals surface area contributed by atoms with Gasteiger partial charge in [-0.2, -0.15) is 0 Å². The van der Waals surface area contributed by atoms with Crippen LogP contribution in [0.25, 0.3) is 0 Å². The number of nitrogen functional groups attached to an aromatic ring is 1. The molecule has 3 N–H and O–H groups in total. The van der Waals surface area contributed by atoms with Crippen molar-refractivity contribution in [2.24, 2.45) is 5.92 Å². The van der Waals surface area contributed by atoms with Gasteiger partial charge in [-0.3, -0.25) is 4.79 Å². The van der Waals surface area contributed by atoms with Gasteiger partial charge in [-0.15, -0.1) is 0 Å². The van der Waals surface area contributed by atoms with Crippen molar-refractivity contribution in [3.63, 3.8) is 0 Å². The molecule has 1 atom stereocenters. The minimum absolute atomic E-state index is 0.102. The molecule has 1 unspecified atom stereocenters. The van der Waals surface area contributed by atoms with Crippen molar-refractivity contribution in [1.29, 1.82) is 0 Å². The van der Waals surface area contributed by atoms with Gasteiger partial charge >= 0.3 is 0 Å². The molecule has 0 aliphatic carbocycles. The van der Waals surface area contributed by atoms with Crippen LogP contribution in [-0.4, -0.2) is 12.0 Å². The van der Waals surface area contributed by atoms with E-state index in [1.807, 2.05) is 13.8 Å². The first-order chi connectivity index (χ1) is 7.49. The zero-order valence-corrected chi connectivity index (χ0v) is 9.84. The Morgan fingerprint density at radius 2 is 2.19 bits per heavy atom. The van der Waals surface area contributed by atoms with Crippen molar-refractivity contribution in [2.75, 3.05) is 11.1 Å². The third-order valence-corrected chi connectivity index (χ3v) is 2.80. The summed E-state index contributed by atoms with van der Waals surface area (Å²) in [6, 6.07) is 3.23. The Bertz CT molecular complexity index is 446. The molecule has 1 heterocycles. The Morgan fingerprint density at radius 1 is 1.50 bits per heavy atom. The summed E-state index contributed by atoms with van der Waals surface area (Å²) in [6.07, 6.45) is -0.479. The van der Waals surface area contributed by atoms with Crippen LogP contribution in [0.5, 0.6) is 5.75 Å². The third-order valence-electron chi connectivity index (χ3n) is 2.47. The first kappa shape index (κ1) is 11.1. The SMILES string of the molecule is CC(C)C1Oc2cc(N)c(Cl)cc2NC1=O. The molecule has 0 spiro atoms. The van der Waals surface area contributed by atoms with Crippen LogP contribution in [0.1, 0.15) is 13.8 Å². The van der Waals surface area contributed by atoms with Gasteiger partial charge in [0.2, 0.25) is 0 Å². The molecule has 2 rings (SSSR count). The first-order valence-corrected chi connectivity index (χ1v) is 5.43. The van der Waals surface area contributed by atoms with Crippen LogP contribution < -0.4 is 15.8 Å². The second kappa shape index (κ2) is 3.87. The topological polar surface area (TPSA) is 64.3 Å². The van der Waals surface area contributed by atoms with Crippen LogP contribution in [0.15, 0.2) is 12.1 Å². The van der Waals surface area contributed by atoms with E-state index in [0.29, 0.717) is 22.1 Å². The van der Waals surface area contributed by atoms with Crippen molar-refractivity contribution >= 4 is 28.9 Å². The van der Waals surface area contributed by atoms with Gasteiger partial charge in [0.1, 0.15) is 5.75 Å². The Morgan fingerprint density at radius 3 is 2.81 bits per heavy atom. The zero-order valence-electron chi connectivity index (χ0n) is 9.08. The van der Waals surface area contributed by atoms with Crippen LogP contribution in [0, 0.1) is 5.92 Å². The average Bonchev–Trinajstić information content (AvgIpc) is 2.19. The monoisotopic (exact) mass is 240 g/mol. The van der Waals surface area contributed by atoms with E-state index in [1.54, 1.807) is 12.1 Å². The lowest BCUT2D eigenvalue weighted by Crippen LogP contribution is -2.40. The highest BCUT2D eigenvalue weighted by Gasteiger charge is 2.30. The van der Waals surface area contributed by atoms with Gasteiger partial charge in [0.15, 0.2) is 6.10 Å². The summed E-state index contributed by atoms with van der Waals surface area (Å²) in [5.74, 6) is 0.522. The van der Waals surface area contributed by atoms with E-state index in [0.717, 1.165) is 0 Å². The predicted molar refractivity (Wildman–Crippen MR) is 63.7 cm³/mol. The summed E-state index contributed by atoms with van der Waals surface area (Å²) in [5, 5.41) is 3.16. The van der Waals surface area contributed by atoms with Gasteiger partial charge in [-0.05, 0) is 12.0 Å². The Hall–Kier alpha value is -1.42. The molecular formula is C11H13ClN2O2. The fraction of sp³-hybridized carbons (Fsp3) is 0.364. The van der Waals surface area contributed by atoms with E-state index in [-0.39, 0.29) is 11.8 Å². The number of hydrogen-bond acceptors (Lipinski definition) is 3. The summed E-state index contributed by atoms with van der Waals surface area (Å²) in [7, 11) is 0. The highest BCUT2D eigenvalue weighted by molar-refractivity contribution is 6.33. The van der Waals surface area contributed by atoms with Gasteiger partial charge < -0.3 is 15.8 Å². The molecule has 5 heteroatoms. The quantitative estimate of drug-likeness (QED) is 0.741. The normalized spacial score (nSPS) is 19.0. The number of halogens is 1. The maximum atomic E-state index is 11.7. The number of nitrogens with two attached hydrogens (primary N) is 1. The predicted octanol–water partition coefficient (Wildman–Crippen LogP) is 2.28. The van der Waals surface area contributed by atoms with Crippen LogP contribution in [0.4, 0.5) is 11.4 Å². The van der Waals surface area contributed by atoms with Crippen LogP contribution >= 0.6 is 11.6 Å². The van der Waals surface area contributed by atoms with Gasteiger partial charge in [-0.1, -0.05) is 25.4 Å². The Labute approximate surface area is 98.7 Å².